The average molecular weight is 546 g/mol. The fourth-order valence-electron chi connectivity index (χ4n) is 2.63. The molecule has 0 spiro atoms. The molecule has 6 nitrogen and oxygen atoms in total. The molecule has 0 aromatic heterocycles. The van der Waals surface area contributed by atoms with Gasteiger partial charge in [-0.15, -0.1) is 0 Å². The minimum absolute atomic E-state index is 0.252. The van der Waals surface area contributed by atoms with Crippen LogP contribution < -0.4 is 14.9 Å². The zero-order valence-corrected chi connectivity index (χ0v) is 19.9. The van der Waals surface area contributed by atoms with Crippen LogP contribution in [0.2, 0.25) is 0 Å². The number of esters is 1. The van der Waals surface area contributed by atoms with Gasteiger partial charge in [0.05, 0.1) is 28.9 Å². The van der Waals surface area contributed by atoms with Crippen molar-refractivity contribution in [3.8, 4) is 11.5 Å². The van der Waals surface area contributed by atoms with Gasteiger partial charge in [0.1, 0.15) is 0 Å². The van der Waals surface area contributed by atoms with Crippen molar-refractivity contribution in [3.05, 3.63) is 91.9 Å². The van der Waals surface area contributed by atoms with Crippen LogP contribution in [0.4, 0.5) is 0 Å². The fourth-order valence-corrected chi connectivity index (χ4v) is 3.63. The summed E-state index contributed by atoms with van der Waals surface area (Å²) in [4.78, 5) is 24.7. The molecule has 158 valence electrons. The normalized spacial score (nSPS) is 10.7. The molecule has 0 fully saturated rings. The van der Waals surface area contributed by atoms with E-state index in [1.807, 2.05) is 25.1 Å². The average Bonchev–Trinajstić information content (AvgIpc) is 2.76. The number of hydrazone groups is 1. The summed E-state index contributed by atoms with van der Waals surface area (Å²) in [5.74, 6) is -0.254. The summed E-state index contributed by atoms with van der Waals surface area (Å²) in [6.07, 6.45) is 1.47. The number of hydrogen-bond acceptors (Lipinski definition) is 5. The maximum absolute atomic E-state index is 12.5. The van der Waals surface area contributed by atoms with Crippen molar-refractivity contribution in [2.45, 2.75) is 6.92 Å². The Bertz CT molecular complexity index is 1140. The SMILES string of the molecule is COc1cc(/C=N/NC(=O)c2ccccc2Br)cc(Br)c1OC(=O)c1ccc(C)cc1. The lowest BCUT2D eigenvalue weighted by Crippen LogP contribution is -2.18. The van der Waals surface area contributed by atoms with Crippen LogP contribution in [0.25, 0.3) is 0 Å². The van der Waals surface area contributed by atoms with Gasteiger partial charge in [0.15, 0.2) is 11.5 Å². The fraction of sp³-hybridized carbons (Fsp3) is 0.0870. The number of ether oxygens (including phenoxy) is 2. The molecule has 3 rings (SSSR count). The Kier molecular flexibility index (Phi) is 7.59. The van der Waals surface area contributed by atoms with Crippen LogP contribution >= 0.6 is 31.9 Å². The molecule has 0 heterocycles. The van der Waals surface area contributed by atoms with E-state index in [-0.39, 0.29) is 11.7 Å². The first-order valence-electron chi connectivity index (χ1n) is 9.13. The highest BCUT2D eigenvalue weighted by Gasteiger charge is 2.17. The number of benzene rings is 3. The zero-order chi connectivity index (χ0) is 22.4. The van der Waals surface area contributed by atoms with Crippen molar-refractivity contribution >= 4 is 50.0 Å². The Balaban J connectivity index is 1.75. The van der Waals surface area contributed by atoms with Crippen molar-refractivity contribution in [1.82, 2.24) is 5.43 Å². The number of nitrogens with zero attached hydrogens (tertiary/aromatic N) is 1. The van der Waals surface area contributed by atoms with E-state index in [2.05, 4.69) is 42.4 Å². The minimum atomic E-state index is -0.499. The number of carbonyl (C=O) groups excluding carboxylic acids is 2. The number of hydrogen-bond donors (Lipinski definition) is 1. The summed E-state index contributed by atoms with van der Waals surface area (Å²) < 4.78 is 12.1. The number of rotatable bonds is 6. The van der Waals surface area contributed by atoms with Gasteiger partial charge in [-0.2, -0.15) is 5.10 Å². The van der Waals surface area contributed by atoms with Gasteiger partial charge in [-0.25, -0.2) is 10.2 Å². The maximum atomic E-state index is 12.5. The number of nitrogens with one attached hydrogen (secondary N) is 1. The van der Waals surface area contributed by atoms with Crippen molar-refractivity contribution in [2.24, 2.45) is 5.10 Å². The molecule has 0 bridgehead atoms. The molecule has 1 amide bonds. The first-order chi connectivity index (χ1) is 14.9. The summed E-state index contributed by atoms with van der Waals surface area (Å²) in [6.45, 7) is 1.94. The smallest absolute Gasteiger partial charge is 0.343 e. The van der Waals surface area contributed by atoms with Gasteiger partial charge in [-0.1, -0.05) is 29.8 Å². The summed E-state index contributed by atoms with van der Waals surface area (Å²) in [5.41, 5.74) is 5.05. The van der Waals surface area contributed by atoms with E-state index < -0.39 is 5.97 Å². The molecule has 0 aliphatic carbocycles. The lowest BCUT2D eigenvalue weighted by Gasteiger charge is -2.12. The molecular weight excluding hydrogens is 528 g/mol. The third-order valence-corrected chi connectivity index (χ3v) is 5.51. The van der Waals surface area contributed by atoms with Gasteiger partial charge in [0.25, 0.3) is 5.91 Å². The Hall–Kier alpha value is -2.97. The molecular formula is C23H18Br2N2O4. The van der Waals surface area contributed by atoms with E-state index in [4.69, 9.17) is 9.47 Å². The Morgan fingerprint density at radius 1 is 1.00 bits per heavy atom. The highest BCUT2D eigenvalue weighted by atomic mass is 79.9. The van der Waals surface area contributed by atoms with Crippen LogP contribution in [0, 0.1) is 6.92 Å². The van der Waals surface area contributed by atoms with Crippen molar-refractivity contribution in [1.29, 1.82) is 0 Å². The quantitative estimate of drug-likeness (QED) is 0.192. The predicted octanol–water partition coefficient (Wildman–Crippen LogP) is 5.51. The molecule has 0 unspecified atom stereocenters. The molecule has 3 aromatic rings. The second-order valence-corrected chi connectivity index (χ2v) is 8.18. The second-order valence-electron chi connectivity index (χ2n) is 6.47. The lowest BCUT2D eigenvalue weighted by atomic mass is 10.1. The van der Waals surface area contributed by atoms with Gasteiger partial charge in [-0.05, 0) is 80.7 Å². The Labute approximate surface area is 196 Å². The topological polar surface area (TPSA) is 77.0 Å². The molecule has 0 atom stereocenters. The second kappa shape index (κ2) is 10.4. The van der Waals surface area contributed by atoms with E-state index in [1.165, 1.54) is 13.3 Å². The largest absolute Gasteiger partial charge is 0.493 e. The minimum Gasteiger partial charge on any atom is -0.493 e. The van der Waals surface area contributed by atoms with Crippen LogP contribution in [0.3, 0.4) is 0 Å². The van der Waals surface area contributed by atoms with Gasteiger partial charge >= 0.3 is 5.97 Å². The number of carbonyl (C=O) groups is 2. The molecule has 0 saturated carbocycles. The van der Waals surface area contributed by atoms with E-state index in [1.54, 1.807) is 42.5 Å². The third kappa shape index (κ3) is 5.80. The molecule has 3 aromatic carbocycles. The monoisotopic (exact) mass is 544 g/mol. The zero-order valence-electron chi connectivity index (χ0n) is 16.7. The number of methoxy groups -OCH3 is 1. The summed E-state index contributed by atoms with van der Waals surface area (Å²) in [7, 11) is 1.47. The molecule has 8 heteroatoms. The van der Waals surface area contributed by atoms with E-state index in [9.17, 15) is 9.59 Å². The van der Waals surface area contributed by atoms with Crippen molar-refractivity contribution in [2.75, 3.05) is 7.11 Å². The standard InChI is InChI=1S/C23H18Br2N2O4/c1-14-7-9-16(10-8-14)23(29)31-21-19(25)11-15(12-20(21)30-2)13-26-27-22(28)17-5-3-4-6-18(17)24/h3-13H,1-2H3,(H,27,28)/b26-13+. The predicted molar refractivity (Wildman–Crippen MR) is 126 cm³/mol. The van der Waals surface area contributed by atoms with Crippen LogP contribution in [-0.4, -0.2) is 25.2 Å². The highest BCUT2D eigenvalue weighted by Crippen LogP contribution is 2.36. The number of halogens is 2. The van der Waals surface area contributed by atoms with Crippen LogP contribution in [0.5, 0.6) is 11.5 Å². The van der Waals surface area contributed by atoms with E-state index >= 15 is 0 Å². The van der Waals surface area contributed by atoms with E-state index in [0.717, 1.165) is 5.56 Å². The highest BCUT2D eigenvalue weighted by molar-refractivity contribution is 9.10. The summed E-state index contributed by atoms with van der Waals surface area (Å²) in [5, 5.41) is 3.99. The first-order valence-corrected chi connectivity index (χ1v) is 10.7. The number of amides is 1. The van der Waals surface area contributed by atoms with Gasteiger partial charge < -0.3 is 9.47 Å². The maximum Gasteiger partial charge on any atom is 0.343 e. The van der Waals surface area contributed by atoms with Crippen molar-refractivity contribution in [3.63, 3.8) is 0 Å². The molecule has 0 aliphatic rings. The molecule has 1 N–H and O–H groups in total. The third-order valence-electron chi connectivity index (χ3n) is 4.23. The Morgan fingerprint density at radius 2 is 1.71 bits per heavy atom. The summed E-state index contributed by atoms with van der Waals surface area (Å²) in [6, 6.07) is 17.5. The molecule has 0 saturated heterocycles. The van der Waals surface area contributed by atoms with E-state index in [0.29, 0.717) is 31.4 Å². The molecule has 0 aliphatic heterocycles. The van der Waals surface area contributed by atoms with Crippen LogP contribution in [-0.2, 0) is 0 Å². The van der Waals surface area contributed by atoms with Crippen LogP contribution in [0.15, 0.2) is 74.7 Å². The summed E-state index contributed by atoms with van der Waals surface area (Å²) >= 11 is 6.74. The number of aryl methyl sites for hydroxylation is 1. The van der Waals surface area contributed by atoms with Crippen molar-refractivity contribution < 1.29 is 19.1 Å². The molecule has 31 heavy (non-hydrogen) atoms. The van der Waals surface area contributed by atoms with Gasteiger partial charge in [0, 0.05) is 4.47 Å². The van der Waals surface area contributed by atoms with Gasteiger partial charge in [-0.3, -0.25) is 4.79 Å². The first kappa shape index (κ1) is 22.7. The lowest BCUT2D eigenvalue weighted by molar-refractivity contribution is 0.0728. The molecule has 0 radical (unpaired) electrons. The van der Waals surface area contributed by atoms with Gasteiger partial charge in [0.2, 0.25) is 0 Å². The Morgan fingerprint density at radius 3 is 2.39 bits per heavy atom. The van der Waals surface area contributed by atoms with Crippen LogP contribution in [0.1, 0.15) is 31.8 Å².